The lowest BCUT2D eigenvalue weighted by Gasteiger charge is -2.19. The van der Waals surface area contributed by atoms with Gasteiger partial charge in [0.2, 0.25) is 0 Å². The first-order valence-electron chi connectivity index (χ1n) is 6.61. The Kier molecular flexibility index (Phi) is 3.89. The molecular weight excluding hydrogens is 250 g/mol. The van der Waals surface area contributed by atoms with Gasteiger partial charge in [-0.05, 0) is 35.2 Å². The molecule has 20 heavy (non-hydrogen) atoms. The normalized spacial score (nSPS) is 11.2. The van der Waals surface area contributed by atoms with E-state index < -0.39 is 0 Å². The van der Waals surface area contributed by atoms with Crippen LogP contribution in [0.1, 0.15) is 43.7 Å². The molecule has 0 atom stereocenters. The number of hydrogen-bond acceptors (Lipinski definition) is 3. The van der Waals surface area contributed by atoms with E-state index >= 15 is 0 Å². The second kappa shape index (κ2) is 5.45. The number of hydrogen-bond donors (Lipinski definition) is 0. The minimum Gasteiger partial charge on any atom is -0.456 e. The van der Waals surface area contributed by atoms with Gasteiger partial charge in [0.25, 0.3) is 0 Å². The van der Waals surface area contributed by atoms with E-state index in [2.05, 4.69) is 37.9 Å². The summed E-state index contributed by atoms with van der Waals surface area (Å²) in [5.41, 5.74) is 1.83. The third-order valence-corrected chi connectivity index (χ3v) is 3.05. The van der Waals surface area contributed by atoms with Crippen LogP contribution in [0.5, 0.6) is 11.5 Å². The zero-order chi connectivity index (χ0) is 14.8. The highest BCUT2D eigenvalue weighted by molar-refractivity contribution is 5.92. The highest BCUT2D eigenvalue weighted by Gasteiger charge is 2.13. The molecule has 0 saturated carbocycles. The van der Waals surface area contributed by atoms with E-state index in [1.165, 1.54) is 12.5 Å². The van der Waals surface area contributed by atoms with E-state index in [0.717, 1.165) is 5.75 Å². The van der Waals surface area contributed by atoms with Crippen molar-refractivity contribution in [2.24, 2.45) is 0 Å². The van der Waals surface area contributed by atoms with E-state index in [9.17, 15) is 4.79 Å². The van der Waals surface area contributed by atoms with Gasteiger partial charge >= 0.3 is 0 Å². The fraction of sp³-hybridized carbons (Fsp3) is 0.294. The van der Waals surface area contributed by atoms with Gasteiger partial charge in [0.1, 0.15) is 17.2 Å². The summed E-state index contributed by atoms with van der Waals surface area (Å²) < 4.78 is 5.71. The van der Waals surface area contributed by atoms with Crippen molar-refractivity contribution in [3.8, 4) is 11.5 Å². The molecular formula is C17H19NO2. The SMILES string of the molecule is CC(=O)c1ccc(Oc2ccc(C(C)(C)C)cc2)cn1. The van der Waals surface area contributed by atoms with Crippen molar-refractivity contribution in [1.82, 2.24) is 4.98 Å². The van der Waals surface area contributed by atoms with Crippen LogP contribution in [0.3, 0.4) is 0 Å². The maximum absolute atomic E-state index is 11.1. The van der Waals surface area contributed by atoms with E-state index in [0.29, 0.717) is 11.4 Å². The smallest absolute Gasteiger partial charge is 0.178 e. The van der Waals surface area contributed by atoms with Gasteiger partial charge in [-0.2, -0.15) is 0 Å². The lowest BCUT2D eigenvalue weighted by atomic mass is 9.87. The summed E-state index contributed by atoms with van der Waals surface area (Å²) >= 11 is 0. The Morgan fingerprint density at radius 2 is 1.60 bits per heavy atom. The van der Waals surface area contributed by atoms with E-state index in [4.69, 9.17) is 4.74 Å². The van der Waals surface area contributed by atoms with Crippen molar-refractivity contribution in [3.05, 3.63) is 53.9 Å². The van der Waals surface area contributed by atoms with Crippen LogP contribution in [0.15, 0.2) is 42.6 Å². The standard InChI is InChI=1S/C17H19NO2/c1-12(19)16-10-9-15(11-18-16)20-14-7-5-13(6-8-14)17(2,3)4/h5-11H,1-4H3. The Labute approximate surface area is 119 Å². The number of ether oxygens (including phenoxy) is 1. The van der Waals surface area contributed by atoms with Gasteiger partial charge in [-0.25, -0.2) is 4.98 Å². The van der Waals surface area contributed by atoms with E-state index in [-0.39, 0.29) is 11.2 Å². The Morgan fingerprint density at radius 3 is 2.05 bits per heavy atom. The average molecular weight is 269 g/mol. The number of Topliss-reactive ketones (excluding diaryl/α,β-unsaturated/α-hetero) is 1. The van der Waals surface area contributed by atoms with E-state index in [1.54, 1.807) is 18.3 Å². The fourth-order valence-corrected chi connectivity index (χ4v) is 1.81. The summed E-state index contributed by atoms with van der Waals surface area (Å²) in [4.78, 5) is 15.2. The van der Waals surface area contributed by atoms with Crippen molar-refractivity contribution < 1.29 is 9.53 Å². The number of aromatic nitrogens is 1. The second-order valence-corrected chi connectivity index (χ2v) is 5.81. The molecule has 0 aliphatic carbocycles. The van der Waals surface area contributed by atoms with Crippen molar-refractivity contribution >= 4 is 5.78 Å². The zero-order valence-corrected chi connectivity index (χ0v) is 12.3. The first-order valence-corrected chi connectivity index (χ1v) is 6.61. The molecule has 1 aromatic heterocycles. The molecule has 0 fully saturated rings. The summed E-state index contributed by atoms with van der Waals surface area (Å²) in [7, 11) is 0. The summed E-state index contributed by atoms with van der Waals surface area (Å²) in [6.45, 7) is 8.02. The third kappa shape index (κ3) is 3.44. The molecule has 3 nitrogen and oxygen atoms in total. The summed E-state index contributed by atoms with van der Waals surface area (Å²) in [6, 6.07) is 11.4. The Hall–Kier alpha value is -2.16. The molecule has 0 N–H and O–H groups in total. The number of nitrogens with zero attached hydrogens (tertiary/aromatic N) is 1. The van der Waals surface area contributed by atoms with Gasteiger partial charge < -0.3 is 4.74 Å². The highest BCUT2D eigenvalue weighted by atomic mass is 16.5. The van der Waals surface area contributed by atoms with Gasteiger partial charge in [0.15, 0.2) is 5.78 Å². The van der Waals surface area contributed by atoms with Crippen LogP contribution in [0.25, 0.3) is 0 Å². The van der Waals surface area contributed by atoms with Crippen LogP contribution in [0.4, 0.5) is 0 Å². The average Bonchev–Trinajstić information content (AvgIpc) is 2.39. The molecule has 0 spiro atoms. The number of rotatable bonds is 3. The van der Waals surface area contributed by atoms with Crippen molar-refractivity contribution in [2.75, 3.05) is 0 Å². The molecule has 2 aromatic rings. The maximum Gasteiger partial charge on any atom is 0.178 e. The molecule has 0 radical (unpaired) electrons. The molecule has 0 unspecified atom stereocenters. The summed E-state index contributed by atoms with van der Waals surface area (Å²) in [5.74, 6) is 1.33. The lowest BCUT2D eigenvalue weighted by molar-refractivity contribution is 0.101. The third-order valence-electron chi connectivity index (χ3n) is 3.05. The van der Waals surface area contributed by atoms with Crippen LogP contribution in [-0.2, 0) is 5.41 Å². The lowest BCUT2D eigenvalue weighted by Crippen LogP contribution is -2.10. The number of carbonyl (C=O) groups excluding carboxylic acids is 1. The van der Waals surface area contributed by atoms with Crippen molar-refractivity contribution in [1.29, 1.82) is 0 Å². The maximum atomic E-state index is 11.1. The van der Waals surface area contributed by atoms with Gasteiger partial charge in [-0.15, -0.1) is 0 Å². The summed E-state index contributed by atoms with van der Waals surface area (Å²) in [6.07, 6.45) is 1.56. The molecule has 104 valence electrons. The van der Waals surface area contributed by atoms with Gasteiger partial charge in [-0.1, -0.05) is 32.9 Å². The van der Waals surface area contributed by atoms with Crippen LogP contribution in [0, 0.1) is 0 Å². The molecule has 3 heteroatoms. The van der Waals surface area contributed by atoms with Crippen molar-refractivity contribution in [2.45, 2.75) is 33.1 Å². The zero-order valence-electron chi connectivity index (χ0n) is 12.3. The summed E-state index contributed by atoms with van der Waals surface area (Å²) in [5, 5.41) is 0. The number of benzene rings is 1. The largest absolute Gasteiger partial charge is 0.456 e. The minimum atomic E-state index is -0.0499. The van der Waals surface area contributed by atoms with Crippen molar-refractivity contribution in [3.63, 3.8) is 0 Å². The predicted molar refractivity (Wildman–Crippen MR) is 79.5 cm³/mol. The Balaban J connectivity index is 2.12. The molecule has 1 heterocycles. The molecule has 2 rings (SSSR count). The van der Waals surface area contributed by atoms with Crippen LogP contribution < -0.4 is 4.74 Å². The molecule has 1 aromatic carbocycles. The Morgan fingerprint density at radius 1 is 1.00 bits per heavy atom. The van der Waals surface area contributed by atoms with Gasteiger partial charge in [0.05, 0.1) is 6.20 Å². The molecule has 0 aliphatic heterocycles. The first-order chi connectivity index (χ1) is 9.36. The molecule has 0 aliphatic rings. The number of pyridine rings is 1. The molecule has 0 saturated heterocycles. The highest BCUT2D eigenvalue weighted by Crippen LogP contribution is 2.26. The van der Waals surface area contributed by atoms with Crippen LogP contribution in [0.2, 0.25) is 0 Å². The van der Waals surface area contributed by atoms with Crippen LogP contribution >= 0.6 is 0 Å². The molecule has 0 bridgehead atoms. The quantitative estimate of drug-likeness (QED) is 0.776. The number of ketones is 1. The predicted octanol–water partition coefficient (Wildman–Crippen LogP) is 4.37. The Bertz CT molecular complexity index is 592. The van der Waals surface area contributed by atoms with Gasteiger partial charge in [0, 0.05) is 6.92 Å². The van der Waals surface area contributed by atoms with Crippen LogP contribution in [-0.4, -0.2) is 10.8 Å². The van der Waals surface area contributed by atoms with E-state index in [1.807, 2.05) is 12.1 Å². The first kappa shape index (κ1) is 14.3. The second-order valence-electron chi connectivity index (χ2n) is 5.81. The van der Waals surface area contributed by atoms with Gasteiger partial charge in [-0.3, -0.25) is 4.79 Å². The topological polar surface area (TPSA) is 39.2 Å². The monoisotopic (exact) mass is 269 g/mol. The molecule has 0 amide bonds. The minimum absolute atomic E-state index is 0.0499. The number of carbonyl (C=O) groups is 1. The fourth-order valence-electron chi connectivity index (χ4n) is 1.81.